The summed E-state index contributed by atoms with van der Waals surface area (Å²) in [5, 5.41) is 0. The monoisotopic (exact) mass is 293 g/mol. The number of carbonyl (C=O) groups excluding carboxylic acids is 1. The number of benzene rings is 1. The van der Waals surface area contributed by atoms with Crippen LogP contribution in [0.2, 0.25) is 0 Å². The maximum Gasteiger partial charge on any atom is 0.354 e. The molecule has 4 rings (SSSR count). The average molecular weight is 293 g/mol. The van der Waals surface area contributed by atoms with Crippen LogP contribution in [0.25, 0.3) is 11.6 Å². The fourth-order valence-corrected chi connectivity index (χ4v) is 3.27. The highest BCUT2D eigenvalue weighted by Gasteiger charge is 2.24. The third-order valence-electron chi connectivity index (χ3n) is 4.60. The number of methoxy groups -OCH3 is 1. The van der Waals surface area contributed by atoms with Gasteiger partial charge in [0.25, 0.3) is 0 Å². The number of H-pyrrole nitrogens is 1. The Labute approximate surface area is 130 Å². The number of aryl methyl sites for hydroxylation is 1. The van der Waals surface area contributed by atoms with Gasteiger partial charge >= 0.3 is 5.97 Å². The van der Waals surface area contributed by atoms with E-state index in [1.165, 1.54) is 36.7 Å². The van der Waals surface area contributed by atoms with Crippen LogP contribution in [0, 0.1) is 0 Å². The second-order valence-electron chi connectivity index (χ2n) is 6.18. The molecule has 0 spiro atoms. The molecule has 0 bridgehead atoms. The Morgan fingerprint density at radius 2 is 2.14 bits per heavy atom. The Balaban J connectivity index is 1.66. The fraction of sp³-hybridized carbons (Fsp3) is 0.316. The van der Waals surface area contributed by atoms with Crippen LogP contribution in [0.3, 0.4) is 0 Å². The summed E-state index contributed by atoms with van der Waals surface area (Å²) in [5.41, 5.74) is 6.87. The van der Waals surface area contributed by atoms with Crippen LogP contribution in [-0.4, -0.2) is 18.1 Å². The minimum absolute atomic E-state index is 0.301. The van der Waals surface area contributed by atoms with E-state index in [-0.39, 0.29) is 5.97 Å². The minimum Gasteiger partial charge on any atom is -0.464 e. The summed E-state index contributed by atoms with van der Waals surface area (Å²) >= 11 is 0. The smallest absolute Gasteiger partial charge is 0.354 e. The van der Waals surface area contributed by atoms with Gasteiger partial charge in [-0.2, -0.15) is 0 Å². The zero-order chi connectivity index (χ0) is 15.1. The molecule has 2 aliphatic rings. The number of nitrogens with one attached hydrogen (secondary N) is 1. The van der Waals surface area contributed by atoms with Crippen LogP contribution in [-0.2, 0) is 11.2 Å². The highest BCUT2D eigenvalue weighted by atomic mass is 16.5. The van der Waals surface area contributed by atoms with Crippen LogP contribution < -0.4 is 0 Å². The largest absolute Gasteiger partial charge is 0.464 e. The molecule has 3 heteroatoms. The number of hydrogen-bond acceptors (Lipinski definition) is 2. The van der Waals surface area contributed by atoms with Crippen LogP contribution >= 0.6 is 0 Å². The quantitative estimate of drug-likeness (QED) is 0.863. The first-order valence-corrected chi connectivity index (χ1v) is 7.85. The number of allylic oxidation sites excluding steroid dienone is 1. The number of rotatable bonds is 3. The van der Waals surface area contributed by atoms with Gasteiger partial charge in [-0.3, -0.25) is 0 Å². The minimum atomic E-state index is -0.301. The zero-order valence-corrected chi connectivity index (χ0v) is 12.7. The lowest BCUT2D eigenvalue weighted by molar-refractivity contribution is 0.0594. The van der Waals surface area contributed by atoms with E-state index in [2.05, 4.69) is 35.3 Å². The number of esters is 1. The average Bonchev–Trinajstić information content (AvgIpc) is 3.21. The van der Waals surface area contributed by atoms with E-state index >= 15 is 0 Å². The molecule has 0 unspecified atom stereocenters. The molecule has 0 atom stereocenters. The molecule has 0 saturated heterocycles. The molecule has 1 fully saturated rings. The van der Waals surface area contributed by atoms with Crippen molar-refractivity contribution in [1.82, 2.24) is 4.98 Å². The predicted molar refractivity (Wildman–Crippen MR) is 86.7 cm³/mol. The number of fused-ring (bicyclic) bond motifs is 1. The summed E-state index contributed by atoms with van der Waals surface area (Å²) in [5.74, 6) is 0.472. The van der Waals surface area contributed by atoms with Gasteiger partial charge in [-0.25, -0.2) is 4.79 Å². The molecule has 1 aromatic heterocycles. The van der Waals surface area contributed by atoms with Gasteiger partial charge in [0, 0.05) is 5.69 Å². The zero-order valence-electron chi connectivity index (χ0n) is 12.7. The molecule has 2 aromatic rings. The van der Waals surface area contributed by atoms with Crippen molar-refractivity contribution in [3.8, 4) is 0 Å². The number of ether oxygens (including phenoxy) is 1. The summed E-state index contributed by atoms with van der Waals surface area (Å²) in [6.07, 6.45) is 6.89. The summed E-state index contributed by atoms with van der Waals surface area (Å²) in [7, 11) is 1.41. The molecule has 0 aliphatic heterocycles. The SMILES string of the molecule is COC(=O)c1cc2c([nH]1)CC/C2=C\c1cccc(C2CC2)c1. The van der Waals surface area contributed by atoms with E-state index in [9.17, 15) is 4.79 Å². The maximum atomic E-state index is 11.6. The molecule has 1 saturated carbocycles. The van der Waals surface area contributed by atoms with E-state index in [0.717, 1.165) is 30.0 Å². The Bertz CT molecular complexity index is 765. The van der Waals surface area contributed by atoms with E-state index in [1.54, 1.807) is 0 Å². The van der Waals surface area contributed by atoms with Gasteiger partial charge in [-0.05, 0) is 59.9 Å². The summed E-state index contributed by atoms with van der Waals surface area (Å²) in [6.45, 7) is 0. The molecule has 2 aliphatic carbocycles. The van der Waals surface area contributed by atoms with Gasteiger partial charge < -0.3 is 9.72 Å². The fourth-order valence-electron chi connectivity index (χ4n) is 3.27. The molecular formula is C19H19NO2. The summed E-state index contributed by atoms with van der Waals surface area (Å²) in [4.78, 5) is 14.8. The predicted octanol–water partition coefficient (Wildman–Crippen LogP) is 4.17. The van der Waals surface area contributed by atoms with Gasteiger partial charge in [0.05, 0.1) is 7.11 Å². The Morgan fingerprint density at radius 1 is 1.27 bits per heavy atom. The second kappa shape index (κ2) is 5.16. The third kappa shape index (κ3) is 2.37. The van der Waals surface area contributed by atoms with Gasteiger partial charge in [0.2, 0.25) is 0 Å². The molecule has 0 amide bonds. The van der Waals surface area contributed by atoms with Crippen LogP contribution in [0.5, 0.6) is 0 Å². The lowest BCUT2D eigenvalue weighted by atomic mass is 10.0. The Hall–Kier alpha value is -2.29. The number of aromatic nitrogens is 1. The lowest BCUT2D eigenvalue weighted by Crippen LogP contribution is -2.01. The van der Waals surface area contributed by atoms with Gasteiger partial charge in [0.1, 0.15) is 5.69 Å². The van der Waals surface area contributed by atoms with Gasteiger partial charge in [0.15, 0.2) is 0 Å². The standard InChI is InChI=1S/C19H19NO2/c1-22-19(21)18-11-16-15(7-8-17(16)20-18)10-12-3-2-4-14(9-12)13-5-6-13/h2-4,9-11,13,20H,5-8H2,1H3/b15-10+. The summed E-state index contributed by atoms with van der Waals surface area (Å²) < 4.78 is 4.79. The van der Waals surface area contributed by atoms with E-state index in [0.29, 0.717) is 5.69 Å². The number of aromatic amines is 1. The van der Waals surface area contributed by atoms with Crippen molar-refractivity contribution in [3.63, 3.8) is 0 Å². The molecule has 1 heterocycles. The first-order valence-electron chi connectivity index (χ1n) is 7.85. The van der Waals surface area contributed by atoms with Crippen molar-refractivity contribution in [3.05, 3.63) is 58.4 Å². The first-order chi connectivity index (χ1) is 10.7. The van der Waals surface area contributed by atoms with E-state index < -0.39 is 0 Å². The van der Waals surface area contributed by atoms with Crippen LogP contribution in [0.15, 0.2) is 30.3 Å². The Kier molecular flexibility index (Phi) is 3.14. The number of carbonyl (C=O) groups is 1. The lowest BCUT2D eigenvalue weighted by Gasteiger charge is -2.02. The van der Waals surface area contributed by atoms with Crippen molar-refractivity contribution in [2.75, 3.05) is 7.11 Å². The normalized spacial score (nSPS) is 18.5. The highest BCUT2D eigenvalue weighted by Crippen LogP contribution is 2.41. The van der Waals surface area contributed by atoms with Crippen molar-refractivity contribution in [1.29, 1.82) is 0 Å². The third-order valence-corrected chi connectivity index (χ3v) is 4.60. The van der Waals surface area contributed by atoms with Gasteiger partial charge in [-0.1, -0.05) is 30.3 Å². The molecule has 0 radical (unpaired) electrons. The number of hydrogen-bond donors (Lipinski definition) is 1. The van der Waals surface area contributed by atoms with Crippen molar-refractivity contribution in [2.24, 2.45) is 0 Å². The van der Waals surface area contributed by atoms with Crippen LogP contribution in [0.4, 0.5) is 0 Å². The molecule has 22 heavy (non-hydrogen) atoms. The molecular weight excluding hydrogens is 274 g/mol. The maximum absolute atomic E-state index is 11.6. The van der Waals surface area contributed by atoms with Gasteiger partial charge in [-0.15, -0.1) is 0 Å². The molecule has 1 aromatic carbocycles. The Morgan fingerprint density at radius 3 is 2.91 bits per heavy atom. The first kappa shape index (κ1) is 13.4. The summed E-state index contributed by atoms with van der Waals surface area (Å²) in [6, 6.07) is 10.8. The van der Waals surface area contributed by atoms with Crippen molar-refractivity contribution < 1.29 is 9.53 Å². The van der Waals surface area contributed by atoms with E-state index in [1.807, 2.05) is 6.07 Å². The molecule has 112 valence electrons. The van der Waals surface area contributed by atoms with Crippen molar-refractivity contribution >= 4 is 17.6 Å². The molecule has 3 nitrogen and oxygen atoms in total. The molecule has 1 N–H and O–H groups in total. The van der Waals surface area contributed by atoms with Crippen LogP contribution in [0.1, 0.15) is 58.1 Å². The van der Waals surface area contributed by atoms with E-state index in [4.69, 9.17) is 4.74 Å². The second-order valence-corrected chi connectivity index (χ2v) is 6.18. The topological polar surface area (TPSA) is 42.1 Å². The highest BCUT2D eigenvalue weighted by molar-refractivity contribution is 5.92. The van der Waals surface area contributed by atoms with Crippen molar-refractivity contribution in [2.45, 2.75) is 31.6 Å².